The number of aliphatic hydroxyl groups is 1. The summed E-state index contributed by atoms with van der Waals surface area (Å²) >= 11 is 6.69. The molecule has 4 heterocycles. The van der Waals surface area contributed by atoms with Crippen LogP contribution in [-0.4, -0.2) is 77.3 Å². The molecule has 1 N–H and O–H groups in total. The number of benzene rings is 2. The molecule has 1 unspecified atom stereocenters. The highest BCUT2D eigenvalue weighted by Gasteiger charge is 2.76. The van der Waals surface area contributed by atoms with Crippen molar-refractivity contribution in [3.05, 3.63) is 77.4 Å². The van der Waals surface area contributed by atoms with Crippen molar-refractivity contribution in [2.45, 2.75) is 64.3 Å². The Morgan fingerprint density at radius 1 is 0.957 bits per heavy atom. The van der Waals surface area contributed by atoms with Gasteiger partial charge in [0.1, 0.15) is 17.4 Å². The summed E-state index contributed by atoms with van der Waals surface area (Å²) in [6, 6.07) is 11.0. The first-order valence-corrected chi connectivity index (χ1v) is 16.5. The van der Waals surface area contributed by atoms with Crippen molar-refractivity contribution in [2.75, 3.05) is 36.1 Å². The molecule has 6 rings (SSSR count). The molecule has 2 aromatic carbocycles. The number of fused-ring (bicyclic) bond motifs is 2. The maximum absolute atomic E-state index is 14.9. The Morgan fingerprint density at radius 3 is 2.28 bits per heavy atom. The Kier molecular flexibility index (Phi) is 8.54. The quantitative estimate of drug-likeness (QED) is 0.408. The lowest BCUT2D eigenvalue weighted by atomic mass is 9.73. The number of para-hydroxylation sites is 1. The fraction of sp³-hybridized carbons (Fsp3) is 0.472. The fourth-order valence-corrected chi connectivity index (χ4v) is 8.29. The van der Waals surface area contributed by atoms with Gasteiger partial charge >= 0.3 is 0 Å². The normalized spacial score (nSPS) is 29.5. The Bertz CT molecular complexity index is 1570. The first-order valence-electron chi connectivity index (χ1n) is 16.1. The summed E-state index contributed by atoms with van der Waals surface area (Å²) in [5.74, 6) is -2.38. The molecule has 2 saturated heterocycles. The lowest BCUT2D eigenvalue weighted by molar-refractivity contribution is -0.150. The summed E-state index contributed by atoms with van der Waals surface area (Å²) in [6.45, 7) is 10.2. The molecule has 3 amide bonds. The number of carbonyl (C=O) groups excluding carboxylic acids is 3. The summed E-state index contributed by atoms with van der Waals surface area (Å²) < 4.78 is 12.7. The van der Waals surface area contributed by atoms with Gasteiger partial charge in [-0.15, -0.1) is 0 Å². The van der Waals surface area contributed by atoms with Gasteiger partial charge in [-0.2, -0.15) is 0 Å². The van der Waals surface area contributed by atoms with Crippen LogP contribution in [-0.2, 0) is 19.1 Å². The van der Waals surface area contributed by atoms with E-state index in [1.807, 2.05) is 95.3 Å². The van der Waals surface area contributed by atoms with E-state index in [1.165, 1.54) is 4.90 Å². The predicted molar refractivity (Wildman–Crippen MR) is 177 cm³/mol. The molecule has 0 radical (unpaired) electrons. The lowest BCUT2D eigenvalue weighted by Crippen LogP contribution is -2.60. The van der Waals surface area contributed by atoms with Crippen molar-refractivity contribution in [3.8, 4) is 5.75 Å². The standard InChI is InChI=1S/C36H42ClN3O6/c1-6-35-17-9-19-38(24-13-15-25(16-14-24)45-7-2)32(42)28(35)29-33(43)40(27(21-41)22(3)4)31-34(44)39(20-10-18-36(29,31)46-35)30-23(5)11-8-12-26(30)37/h8-18,22,27-29,31,41H,6-7,19-21H2,1-5H3/t27-,28-,29-,31?,35+,36-/m0/s1. The number of aryl methyl sites for hydroxylation is 1. The van der Waals surface area contributed by atoms with Crippen molar-refractivity contribution in [1.82, 2.24) is 4.90 Å². The first kappa shape index (κ1) is 32.3. The van der Waals surface area contributed by atoms with Crippen molar-refractivity contribution in [1.29, 1.82) is 0 Å². The minimum Gasteiger partial charge on any atom is -0.494 e. The molecule has 0 aliphatic carbocycles. The third-order valence-corrected chi connectivity index (χ3v) is 10.4. The molecule has 0 saturated carbocycles. The van der Waals surface area contributed by atoms with Crippen LogP contribution >= 0.6 is 11.6 Å². The number of anilines is 2. The number of carbonyl (C=O) groups is 3. The summed E-state index contributed by atoms with van der Waals surface area (Å²) in [5, 5.41) is 11.1. The van der Waals surface area contributed by atoms with Crippen LogP contribution in [0.15, 0.2) is 66.8 Å². The molecular weight excluding hydrogens is 606 g/mol. The lowest BCUT2D eigenvalue weighted by Gasteiger charge is -2.42. The molecular formula is C36H42ClN3O6. The van der Waals surface area contributed by atoms with Crippen LogP contribution in [0.1, 0.15) is 39.7 Å². The zero-order valence-electron chi connectivity index (χ0n) is 27.0. The van der Waals surface area contributed by atoms with Gasteiger partial charge in [0, 0.05) is 18.8 Å². The summed E-state index contributed by atoms with van der Waals surface area (Å²) in [7, 11) is 0. The van der Waals surface area contributed by atoms with Gasteiger partial charge in [0.2, 0.25) is 11.8 Å². The van der Waals surface area contributed by atoms with Crippen LogP contribution in [0.25, 0.3) is 0 Å². The molecule has 2 aromatic rings. The van der Waals surface area contributed by atoms with E-state index in [2.05, 4.69) is 0 Å². The molecule has 0 bridgehead atoms. The van der Waals surface area contributed by atoms with Gasteiger partial charge in [0.15, 0.2) is 0 Å². The number of rotatable bonds is 8. The predicted octanol–water partition coefficient (Wildman–Crippen LogP) is 4.93. The van der Waals surface area contributed by atoms with Crippen LogP contribution in [0.5, 0.6) is 5.75 Å². The Morgan fingerprint density at radius 2 is 1.65 bits per heavy atom. The van der Waals surface area contributed by atoms with Crippen LogP contribution < -0.4 is 14.5 Å². The molecule has 244 valence electrons. The fourth-order valence-electron chi connectivity index (χ4n) is 7.96. The number of ether oxygens (including phenoxy) is 2. The largest absolute Gasteiger partial charge is 0.494 e. The highest BCUT2D eigenvalue weighted by molar-refractivity contribution is 6.34. The Balaban J connectivity index is 1.51. The molecule has 0 aromatic heterocycles. The van der Waals surface area contributed by atoms with Crippen LogP contribution in [0.2, 0.25) is 5.02 Å². The van der Waals surface area contributed by atoms with Crippen LogP contribution in [0.3, 0.4) is 0 Å². The van der Waals surface area contributed by atoms with Gasteiger partial charge in [-0.25, -0.2) is 0 Å². The van der Waals surface area contributed by atoms with E-state index >= 15 is 0 Å². The average molecular weight is 648 g/mol. The molecule has 46 heavy (non-hydrogen) atoms. The van der Waals surface area contributed by atoms with Crippen molar-refractivity contribution in [3.63, 3.8) is 0 Å². The number of amides is 3. The smallest absolute Gasteiger partial charge is 0.253 e. The number of hydrogen-bond acceptors (Lipinski definition) is 6. The second-order valence-electron chi connectivity index (χ2n) is 12.9. The van der Waals surface area contributed by atoms with Crippen LogP contribution in [0, 0.1) is 24.7 Å². The zero-order valence-corrected chi connectivity index (χ0v) is 27.7. The molecule has 10 heteroatoms. The van der Waals surface area contributed by atoms with Gasteiger partial charge in [-0.05, 0) is 62.1 Å². The zero-order chi connectivity index (χ0) is 33.0. The van der Waals surface area contributed by atoms with Gasteiger partial charge in [-0.3, -0.25) is 14.4 Å². The SMILES string of the molecule is CCOc1ccc(N2CC=C[C@@]3(CC)O[C@]45C=CCN(c6c(C)cccc6Cl)C(=O)C4N([C@@H](CO)C(C)C)C(=O)[C@@H]5[C@H]3C2=O)cc1. The Labute approximate surface area is 275 Å². The Hall–Kier alpha value is -3.66. The average Bonchev–Trinajstić information content (AvgIpc) is 3.32. The number of hydrogen-bond donors (Lipinski definition) is 1. The van der Waals surface area contributed by atoms with Crippen LogP contribution in [0.4, 0.5) is 11.4 Å². The number of halogens is 1. The molecule has 4 aliphatic rings. The number of aliphatic hydroxyl groups excluding tert-OH is 1. The van der Waals surface area contributed by atoms with Gasteiger partial charge < -0.3 is 29.3 Å². The summed E-state index contributed by atoms with van der Waals surface area (Å²) in [5.41, 5.74) is -0.538. The second kappa shape index (κ2) is 12.2. The third kappa shape index (κ3) is 4.78. The third-order valence-electron chi connectivity index (χ3n) is 10.1. The van der Waals surface area contributed by atoms with Gasteiger partial charge in [0.25, 0.3) is 5.91 Å². The maximum Gasteiger partial charge on any atom is 0.253 e. The van der Waals surface area contributed by atoms with Crippen molar-refractivity contribution < 1.29 is 29.0 Å². The number of nitrogens with zero attached hydrogens (tertiary/aromatic N) is 3. The van der Waals surface area contributed by atoms with E-state index < -0.39 is 35.1 Å². The van der Waals surface area contributed by atoms with E-state index in [9.17, 15) is 19.5 Å². The van der Waals surface area contributed by atoms with Crippen molar-refractivity contribution >= 4 is 40.7 Å². The monoisotopic (exact) mass is 647 g/mol. The molecule has 9 nitrogen and oxygen atoms in total. The second-order valence-corrected chi connectivity index (χ2v) is 13.3. The van der Waals surface area contributed by atoms with E-state index in [-0.39, 0.29) is 36.8 Å². The van der Waals surface area contributed by atoms with E-state index in [0.717, 1.165) is 5.56 Å². The van der Waals surface area contributed by atoms with Gasteiger partial charge in [-0.1, -0.05) is 68.8 Å². The summed E-state index contributed by atoms with van der Waals surface area (Å²) in [4.78, 5) is 49.4. The van der Waals surface area contributed by atoms with E-state index in [4.69, 9.17) is 21.1 Å². The highest BCUT2D eigenvalue weighted by Crippen LogP contribution is 2.59. The van der Waals surface area contributed by atoms with Crippen molar-refractivity contribution in [2.24, 2.45) is 17.8 Å². The first-order chi connectivity index (χ1) is 22.0. The minimum absolute atomic E-state index is 0.179. The minimum atomic E-state index is -1.46. The summed E-state index contributed by atoms with van der Waals surface area (Å²) in [6.07, 6.45) is 7.92. The molecule has 4 aliphatic heterocycles. The molecule has 6 atom stereocenters. The number of likely N-dealkylation sites (tertiary alicyclic amines) is 1. The maximum atomic E-state index is 14.9. The molecule has 1 spiro atoms. The highest BCUT2D eigenvalue weighted by atomic mass is 35.5. The molecule has 2 fully saturated rings. The van der Waals surface area contributed by atoms with E-state index in [1.54, 1.807) is 15.9 Å². The topological polar surface area (TPSA) is 99.6 Å². The van der Waals surface area contributed by atoms with Gasteiger partial charge in [0.05, 0.1) is 47.4 Å². The van der Waals surface area contributed by atoms with E-state index in [0.29, 0.717) is 41.7 Å².